The molecule has 0 saturated heterocycles. The number of halogens is 3. The topological polar surface area (TPSA) is 86.8 Å². The number of amides is 2. The van der Waals surface area contributed by atoms with Crippen LogP contribution in [0.2, 0.25) is 15.1 Å². The fourth-order valence-corrected chi connectivity index (χ4v) is 5.18. The van der Waals surface area contributed by atoms with Crippen LogP contribution in [0.15, 0.2) is 36.4 Å². The van der Waals surface area contributed by atoms with E-state index in [1.165, 1.54) is 17.0 Å². The second-order valence-corrected chi connectivity index (χ2v) is 11.8. The highest BCUT2D eigenvalue weighted by Gasteiger charge is 2.33. The Kier molecular flexibility index (Phi) is 10.9. The minimum atomic E-state index is -3.96. The lowest BCUT2D eigenvalue weighted by atomic mass is 10.1. The third-order valence-corrected chi connectivity index (χ3v) is 8.08. The Labute approximate surface area is 228 Å². The van der Waals surface area contributed by atoms with Gasteiger partial charge in [-0.25, -0.2) is 8.42 Å². The van der Waals surface area contributed by atoms with Crippen molar-refractivity contribution in [3.8, 4) is 0 Å². The second-order valence-electron chi connectivity index (χ2n) is 8.68. The smallest absolute Gasteiger partial charge is 0.244 e. The summed E-state index contributed by atoms with van der Waals surface area (Å²) in [7, 11) is -3.96. The van der Waals surface area contributed by atoms with Gasteiger partial charge in [-0.3, -0.25) is 13.9 Å². The minimum absolute atomic E-state index is 0.0228. The van der Waals surface area contributed by atoms with Gasteiger partial charge >= 0.3 is 0 Å². The van der Waals surface area contributed by atoms with E-state index in [0.29, 0.717) is 6.42 Å². The number of carbonyl (C=O) groups is 2. The van der Waals surface area contributed by atoms with Crippen LogP contribution < -0.4 is 9.62 Å². The molecule has 11 heteroatoms. The van der Waals surface area contributed by atoms with E-state index in [1.54, 1.807) is 0 Å². The summed E-state index contributed by atoms with van der Waals surface area (Å²) in [6.45, 7) is 7.11. The molecule has 0 spiro atoms. The van der Waals surface area contributed by atoms with Crippen molar-refractivity contribution in [2.45, 2.75) is 59.2 Å². The van der Waals surface area contributed by atoms with Gasteiger partial charge in [-0.2, -0.15) is 0 Å². The summed E-state index contributed by atoms with van der Waals surface area (Å²) in [5.41, 5.74) is 1.81. The van der Waals surface area contributed by atoms with Crippen LogP contribution in [0.4, 0.5) is 5.69 Å². The summed E-state index contributed by atoms with van der Waals surface area (Å²) in [6, 6.07) is 9.26. The fourth-order valence-electron chi connectivity index (χ4n) is 3.63. The number of benzene rings is 2. The van der Waals surface area contributed by atoms with E-state index in [-0.39, 0.29) is 39.2 Å². The molecule has 2 rings (SSSR count). The van der Waals surface area contributed by atoms with E-state index in [4.69, 9.17) is 34.8 Å². The average Bonchev–Trinajstić information content (AvgIpc) is 2.80. The number of hydrogen-bond acceptors (Lipinski definition) is 4. The Balaban J connectivity index is 2.52. The number of sulfonamides is 1. The van der Waals surface area contributed by atoms with Gasteiger partial charge in [0.15, 0.2) is 0 Å². The van der Waals surface area contributed by atoms with Gasteiger partial charge in [0.1, 0.15) is 12.6 Å². The van der Waals surface area contributed by atoms with Crippen LogP contribution in [0.3, 0.4) is 0 Å². The molecule has 7 nitrogen and oxygen atoms in total. The molecule has 2 amide bonds. The first kappa shape index (κ1) is 30.2. The molecule has 0 heterocycles. The van der Waals surface area contributed by atoms with Gasteiger partial charge in [0.25, 0.3) is 0 Å². The van der Waals surface area contributed by atoms with Crippen LogP contribution >= 0.6 is 34.8 Å². The van der Waals surface area contributed by atoms with Crippen molar-refractivity contribution in [1.29, 1.82) is 0 Å². The number of aryl methyl sites for hydroxylation is 1. The average molecular weight is 577 g/mol. The lowest BCUT2D eigenvalue weighted by Crippen LogP contribution is -2.53. The number of anilines is 1. The van der Waals surface area contributed by atoms with Crippen LogP contribution in [0.1, 0.15) is 44.7 Å². The van der Waals surface area contributed by atoms with Crippen molar-refractivity contribution < 1.29 is 18.0 Å². The molecule has 2 aromatic rings. The minimum Gasteiger partial charge on any atom is -0.352 e. The van der Waals surface area contributed by atoms with Crippen molar-refractivity contribution in [2.24, 2.45) is 0 Å². The molecule has 0 aliphatic rings. The number of nitrogens with one attached hydrogen (secondary N) is 1. The van der Waals surface area contributed by atoms with Crippen LogP contribution in [-0.2, 0) is 26.2 Å². The zero-order chi connectivity index (χ0) is 27.2. The zero-order valence-corrected chi connectivity index (χ0v) is 24.1. The molecule has 0 bridgehead atoms. The van der Waals surface area contributed by atoms with Crippen LogP contribution in [0.25, 0.3) is 0 Å². The maximum Gasteiger partial charge on any atom is 0.244 e. The van der Waals surface area contributed by atoms with Crippen molar-refractivity contribution in [1.82, 2.24) is 10.2 Å². The molecule has 2 atom stereocenters. The van der Waals surface area contributed by atoms with Crippen molar-refractivity contribution in [2.75, 3.05) is 17.1 Å². The molecular weight excluding hydrogens is 545 g/mol. The highest BCUT2D eigenvalue weighted by atomic mass is 35.5. The number of nitrogens with zero attached hydrogens (tertiary/aromatic N) is 2. The molecule has 0 unspecified atom stereocenters. The Morgan fingerprint density at radius 3 is 2.17 bits per heavy atom. The van der Waals surface area contributed by atoms with Crippen molar-refractivity contribution in [3.63, 3.8) is 0 Å². The summed E-state index contributed by atoms with van der Waals surface area (Å²) in [5.74, 6) is -0.857. The standard InChI is InChI=1S/C25H32Cl3N3O4S/c1-6-17(4)29-25(33)22(7-2)30(14-18-11-9-8-10-16(18)3)24(32)15-31(36(5,34)35)23-13-20(27)19(26)12-21(23)28/h8-13,17,22H,6-7,14-15H2,1-5H3,(H,29,33)/t17-,22-/m0/s1. The Bertz CT molecular complexity index is 1210. The van der Waals surface area contributed by atoms with E-state index in [0.717, 1.165) is 28.1 Å². The third-order valence-electron chi connectivity index (χ3n) is 5.93. The molecule has 2 aromatic carbocycles. The third kappa shape index (κ3) is 7.75. The van der Waals surface area contributed by atoms with Gasteiger partial charge in [-0.1, -0.05) is 72.9 Å². The lowest BCUT2D eigenvalue weighted by Gasteiger charge is -2.34. The fraction of sp³-hybridized carbons (Fsp3) is 0.440. The van der Waals surface area contributed by atoms with Crippen LogP contribution in [0.5, 0.6) is 0 Å². The molecule has 1 N–H and O–H groups in total. The molecule has 36 heavy (non-hydrogen) atoms. The maximum absolute atomic E-state index is 13.8. The lowest BCUT2D eigenvalue weighted by molar-refractivity contribution is -0.140. The highest BCUT2D eigenvalue weighted by Crippen LogP contribution is 2.35. The Hall–Kier alpha value is -2.00. The first-order valence-electron chi connectivity index (χ1n) is 11.6. The largest absolute Gasteiger partial charge is 0.352 e. The number of carbonyl (C=O) groups excluding carboxylic acids is 2. The predicted molar refractivity (Wildman–Crippen MR) is 147 cm³/mol. The monoisotopic (exact) mass is 575 g/mol. The quantitative estimate of drug-likeness (QED) is 0.361. The molecule has 0 fully saturated rings. The summed E-state index contributed by atoms with van der Waals surface area (Å²) in [6.07, 6.45) is 2.04. The molecule has 0 aliphatic heterocycles. The van der Waals surface area contributed by atoms with E-state index >= 15 is 0 Å². The van der Waals surface area contributed by atoms with E-state index in [1.807, 2.05) is 52.0 Å². The van der Waals surface area contributed by atoms with Crippen LogP contribution in [0, 0.1) is 6.92 Å². The molecule has 0 aromatic heterocycles. The van der Waals surface area contributed by atoms with Crippen molar-refractivity contribution >= 4 is 62.3 Å². The van der Waals surface area contributed by atoms with Gasteiger partial charge in [0, 0.05) is 12.6 Å². The van der Waals surface area contributed by atoms with E-state index < -0.39 is 28.5 Å². The maximum atomic E-state index is 13.8. The summed E-state index contributed by atoms with van der Waals surface area (Å²) >= 11 is 18.4. The molecule has 0 radical (unpaired) electrons. The highest BCUT2D eigenvalue weighted by molar-refractivity contribution is 7.92. The number of rotatable bonds is 11. The molecule has 0 saturated carbocycles. The number of hydrogen-bond donors (Lipinski definition) is 1. The van der Waals surface area contributed by atoms with Gasteiger partial charge in [-0.15, -0.1) is 0 Å². The first-order chi connectivity index (χ1) is 16.8. The van der Waals surface area contributed by atoms with Gasteiger partial charge in [0.2, 0.25) is 21.8 Å². The Morgan fingerprint density at radius 1 is 1.00 bits per heavy atom. The summed E-state index contributed by atoms with van der Waals surface area (Å²) in [4.78, 5) is 28.3. The predicted octanol–water partition coefficient (Wildman–Crippen LogP) is 5.44. The van der Waals surface area contributed by atoms with Gasteiger partial charge < -0.3 is 10.2 Å². The second kappa shape index (κ2) is 13.0. The first-order valence-corrected chi connectivity index (χ1v) is 14.5. The van der Waals surface area contributed by atoms with E-state index in [2.05, 4.69) is 5.32 Å². The van der Waals surface area contributed by atoms with Gasteiger partial charge in [-0.05, 0) is 49.9 Å². The van der Waals surface area contributed by atoms with E-state index in [9.17, 15) is 18.0 Å². The molecule has 0 aliphatic carbocycles. The summed E-state index contributed by atoms with van der Waals surface area (Å²) in [5, 5.41) is 3.20. The Morgan fingerprint density at radius 2 is 1.61 bits per heavy atom. The SMILES string of the molecule is CC[C@H](C)NC(=O)[C@H](CC)N(Cc1ccccc1C)C(=O)CN(c1cc(Cl)c(Cl)cc1Cl)S(C)(=O)=O. The molecule has 198 valence electrons. The summed E-state index contributed by atoms with van der Waals surface area (Å²) < 4.78 is 26.4. The molecular formula is C25H32Cl3N3O4S. The zero-order valence-electron chi connectivity index (χ0n) is 21.0. The van der Waals surface area contributed by atoms with Crippen LogP contribution in [-0.4, -0.2) is 50.0 Å². The van der Waals surface area contributed by atoms with Gasteiger partial charge in [0.05, 0.1) is 27.0 Å². The van der Waals surface area contributed by atoms with Crippen molar-refractivity contribution in [3.05, 3.63) is 62.6 Å². The normalized spacial score (nSPS) is 13.1.